The SMILES string of the molecule is O=S(=O)(c1ccccc1)N1CCN(Cc2ccc3c(c2)OCO3)CC1. The van der Waals surface area contributed by atoms with Crippen molar-refractivity contribution in [3.05, 3.63) is 54.1 Å². The van der Waals surface area contributed by atoms with E-state index in [1.54, 1.807) is 28.6 Å². The second-order valence-electron chi connectivity index (χ2n) is 6.18. The zero-order valence-corrected chi connectivity index (χ0v) is 14.6. The summed E-state index contributed by atoms with van der Waals surface area (Å²) in [6.45, 7) is 3.47. The van der Waals surface area contributed by atoms with Crippen LogP contribution in [0.15, 0.2) is 53.4 Å². The number of hydrogen-bond donors (Lipinski definition) is 0. The van der Waals surface area contributed by atoms with Crippen molar-refractivity contribution < 1.29 is 17.9 Å². The molecular formula is C18H20N2O4S. The summed E-state index contributed by atoms with van der Waals surface area (Å²) < 4.78 is 37.6. The molecule has 132 valence electrons. The van der Waals surface area contributed by atoms with Gasteiger partial charge in [-0.05, 0) is 29.8 Å². The number of nitrogens with zero attached hydrogens (tertiary/aromatic N) is 2. The van der Waals surface area contributed by atoms with Gasteiger partial charge in [0.25, 0.3) is 0 Å². The maximum absolute atomic E-state index is 12.7. The molecule has 1 saturated heterocycles. The topological polar surface area (TPSA) is 59.1 Å². The predicted octanol–water partition coefficient (Wildman–Crippen LogP) is 1.92. The highest BCUT2D eigenvalue weighted by Gasteiger charge is 2.28. The van der Waals surface area contributed by atoms with E-state index in [9.17, 15) is 8.42 Å². The van der Waals surface area contributed by atoms with Gasteiger partial charge in [0.2, 0.25) is 16.8 Å². The molecule has 0 unspecified atom stereocenters. The predicted molar refractivity (Wildman–Crippen MR) is 93.0 cm³/mol. The van der Waals surface area contributed by atoms with Crippen LogP contribution in [-0.4, -0.2) is 50.6 Å². The van der Waals surface area contributed by atoms with Crippen LogP contribution in [0.4, 0.5) is 0 Å². The van der Waals surface area contributed by atoms with E-state index in [4.69, 9.17) is 9.47 Å². The van der Waals surface area contributed by atoms with Gasteiger partial charge in [0.05, 0.1) is 4.90 Å². The maximum Gasteiger partial charge on any atom is 0.243 e. The summed E-state index contributed by atoms with van der Waals surface area (Å²) in [7, 11) is -3.40. The fourth-order valence-electron chi connectivity index (χ4n) is 3.17. The molecule has 1 fully saturated rings. The molecule has 0 amide bonds. The lowest BCUT2D eigenvalue weighted by Crippen LogP contribution is -2.48. The number of benzene rings is 2. The Balaban J connectivity index is 1.39. The quantitative estimate of drug-likeness (QED) is 0.834. The van der Waals surface area contributed by atoms with E-state index < -0.39 is 10.0 Å². The van der Waals surface area contributed by atoms with Gasteiger partial charge in [0.15, 0.2) is 11.5 Å². The molecule has 0 aromatic heterocycles. The van der Waals surface area contributed by atoms with E-state index in [1.165, 1.54) is 0 Å². The van der Waals surface area contributed by atoms with Crippen LogP contribution in [0.3, 0.4) is 0 Å². The normalized spacial score (nSPS) is 18.4. The van der Waals surface area contributed by atoms with Gasteiger partial charge in [-0.2, -0.15) is 4.31 Å². The Bertz CT molecular complexity index is 847. The summed E-state index contributed by atoms with van der Waals surface area (Å²) in [6, 6.07) is 14.6. The molecule has 0 spiro atoms. The van der Waals surface area contributed by atoms with Crippen molar-refractivity contribution in [3.8, 4) is 11.5 Å². The highest BCUT2D eigenvalue weighted by molar-refractivity contribution is 7.89. The zero-order valence-electron chi connectivity index (χ0n) is 13.8. The van der Waals surface area contributed by atoms with Crippen molar-refractivity contribution in [1.82, 2.24) is 9.21 Å². The second kappa shape index (κ2) is 6.67. The Kier molecular flexibility index (Phi) is 4.37. The van der Waals surface area contributed by atoms with Crippen molar-refractivity contribution in [2.24, 2.45) is 0 Å². The Hall–Kier alpha value is -2.09. The lowest BCUT2D eigenvalue weighted by molar-refractivity contribution is 0.173. The molecule has 2 aliphatic heterocycles. The van der Waals surface area contributed by atoms with Gasteiger partial charge < -0.3 is 9.47 Å². The lowest BCUT2D eigenvalue weighted by atomic mass is 10.2. The van der Waals surface area contributed by atoms with Crippen molar-refractivity contribution in [3.63, 3.8) is 0 Å². The van der Waals surface area contributed by atoms with Crippen LogP contribution in [-0.2, 0) is 16.6 Å². The molecule has 7 heteroatoms. The van der Waals surface area contributed by atoms with Crippen LogP contribution in [0.2, 0.25) is 0 Å². The van der Waals surface area contributed by atoms with Crippen LogP contribution in [0.5, 0.6) is 11.5 Å². The van der Waals surface area contributed by atoms with Crippen molar-refractivity contribution >= 4 is 10.0 Å². The highest BCUT2D eigenvalue weighted by Crippen LogP contribution is 2.33. The summed E-state index contributed by atoms with van der Waals surface area (Å²) in [4.78, 5) is 2.62. The molecule has 6 nitrogen and oxygen atoms in total. The molecule has 2 aromatic rings. The maximum atomic E-state index is 12.7. The van der Waals surface area contributed by atoms with E-state index in [1.807, 2.05) is 24.3 Å². The molecule has 0 saturated carbocycles. The molecule has 2 aliphatic rings. The van der Waals surface area contributed by atoms with Gasteiger partial charge in [-0.15, -0.1) is 0 Å². The molecular weight excluding hydrogens is 340 g/mol. The van der Waals surface area contributed by atoms with Gasteiger partial charge in [-0.1, -0.05) is 24.3 Å². The third-order valence-corrected chi connectivity index (χ3v) is 6.47. The summed E-state index contributed by atoms with van der Waals surface area (Å²) in [5.74, 6) is 1.56. The smallest absolute Gasteiger partial charge is 0.243 e. The third kappa shape index (κ3) is 3.35. The fraction of sp³-hybridized carbons (Fsp3) is 0.333. The minimum atomic E-state index is -3.40. The zero-order chi connectivity index (χ0) is 17.3. The first-order chi connectivity index (χ1) is 12.1. The summed E-state index contributed by atoms with van der Waals surface area (Å²) in [6.07, 6.45) is 0. The van der Waals surface area contributed by atoms with Gasteiger partial charge in [-0.3, -0.25) is 4.90 Å². The van der Waals surface area contributed by atoms with Crippen LogP contribution in [0.25, 0.3) is 0 Å². The Morgan fingerprint density at radius 2 is 1.60 bits per heavy atom. The van der Waals surface area contributed by atoms with Gasteiger partial charge >= 0.3 is 0 Å². The minimum absolute atomic E-state index is 0.273. The van der Waals surface area contributed by atoms with Crippen LogP contribution < -0.4 is 9.47 Å². The number of ether oxygens (including phenoxy) is 2. The second-order valence-corrected chi connectivity index (χ2v) is 8.12. The molecule has 25 heavy (non-hydrogen) atoms. The molecule has 0 N–H and O–H groups in total. The Labute approximate surface area is 147 Å². The molecule has 2 heterocycles. The molecule has 0 aliphatic carbocycles. The highest BCUT2D eigenvalue weighted by atomic mass is 32.2. The monoisotopic (exact) mass is 360 g/mol. The number of rotatable bonds is 4. The van der Waals surface area contributed by atoms with E-state index in [2.05, 4.69) is 4.90 Å². The largest absolute Gasteiger partial charge is 0.454 e. The number of fused-ring (bicyclic) bond motifs is 1. The molecule has 4 rings (SSSR count). The van der Waals surface area contributed by atoms with Crippen molar-refractivity contribution in [2.75, 3.05) is 33.0 Å². The first kappa shape index (κ1) is 16.4. The standard InChI is InChI=1S/C18H20N2O4S/c21-25(22,16-4-2-1-3-5-16)20-10-8-19(9-11-20)13-15-6-7-17-18(12-15)24-14-23-17/h1-7,12H,8-11,13-14H2. The third-order valence-electron chi connectivity index (χ3n) is 4.56. The summed E-state index contributed by atoms with van der Waals surface area (Å²) in [5, 5.41) is 0. The molecule has 0 bridgehead atoms. The number of sulfonamides is 1. The van der Waals surface area contributed by atoms with Gasteiger partial charge in [-0.25, -0.2) is 8.42 Å². The molecule has 2 aromatic carbocycles. The fourth-order valence-corrected chi connectivity index (χ4v) is 4.61. The van der Waals surface area contributed by atoms with Crippen LogP contribution >= 0.6 is 0 Å². The number of piperazine rings is 1. The average molecular weight is 360 g/mol. The number of hydrogen-bond acceptors (Lipinski definition) is 5. The van der Waals surface area contributed by atoms with Gasteiger partial charge in [0, 0.05) is 32.7 Å². The summed E-state index contributed by atoms with van der Waals surface area (Å²) in [5.41, 5.74) is 1.14. The first-order valence-electron chi connectivity index (χ1n) is 8.29. The van der Waals surface area contributed by atoms with Gasteiger partial charge in [0.1, 0.15) is 0 Å². The first-order valence-corrected chi connectivity index (χ1v) is 9.73. The van der Waals surface area contributed by atoms with E-state index in [0.29, 0.717) is 31.1 Å². The van der Waals surface area contributed by atoms with Crippen molar-refractivity contribution in [2.45, 2.75) is 11.4 Å². The lowest BCUT2D eigenvalue weighted by Gasteiger charge is -2.34. The minimum Gasteiger partial charge on any atom is -0.454 e. The average Bonchev–Trinajstić information content (AvgIpc) is 3.11. The Morgan fingerprint density at radius 1 is 0.880 bits per heavy atom. The summed E-state index contributed by atoms with van der Waals surface area (Å²) >= 11 is 0. The Morgan fingerprint density at radius 3 is 2.36 bits per heavy atom. The van der Waals surface area contributed by atoms with Crippen LogP contribution in [0, 0.1) is 0 Å². The molecule has 0 atom stereocenters. The van der Waals surface area contributed by atoms with E-state index in [0.717, 1.165) is 23.6 Å². The van der Waals surface area contributed by atoms with E-state index >= 15 is 0 Å². The van der Waals surface area contributed by atoms with Crippen molar-refractivity contribution in [1.29, 1.82) is 0 Å². The molecule has 0 radical (unpaired) electrons. The van der Waals surface area contributed by atoms with E-state index in [-0.39, 0.29) is 6.79 Å². The van der Waals surface area contributed by atoms with Crippen LogP contribution in [0.1, 0.15) is 5.56 Å².